The Labute approximate surface area is 59.9 Å². The summed E-state index contributed by atoms with van der Waals surface area (Å²) in [4.78, 5) is 17.2. The predicted octanol–water partition coefficient (Wildman–Crippen LogP) is 0.0675. The van der Waals surface area contributed by atoms with Crippen LogP contribution in [-0.4, -0.2) is 22.0 Å². The Morgan fingerprint density at radius 2 is 2.20 bits per heavy atom. The Balaban J connectivity index is 4.07. The summed E-state index contributed by atoms with van der Waals surface area (Å²) >= 11 is 0. The minimum absolute atomic E-state index is 0.00367. The monoisotopic (exact) mass is 165 g/mol. The van der Waals surface area contributed by atoms with Gasteiger partial charge in [-0.05, 0) is 6.42 Å². The second-order valence-electron chi connectivity index (χ2n) is 2.00. The highest BCUT2D eigenvalue weighted by molar-refractivity contribution is 7.52. The van der Waals surface area contributed by atoms with Gasteiger partial charge in [0.1, 0.15) is 0 Å². The average molecular weight is 165 g/mol. The smallest absolute Gasteiger partial charge is 0.330 e. The largest absolute Gasteiger partial charge is 0.330 e. The highest BCUT2D eigenvalue weighted by atomic mass is 31.2. The van der Waals surface area contributed by atoms with Crippen molar-refractivity contribution in [3.63, 3.8) is 0 Å². The molecule has 5 heteroatoms. The molecule has 60 valence electrons. The van der Waals surface area contributed by atoms with Crippen molar-refractivity contribution in [2.45, 2.75) is 12.1 Å². The third kappa shape index (κ3) is 3.13. The van der Waals surface area contributed by atoms with E-state index in [0.717, 1.165) is 0 Å². The van der Waals surface area contributed by atoms with Gasteiger partial charge in [-0.3, -0.25) is 4.57 Å². The lowest BCUT2D eigenvalue weighted by Crippen LogP contribution is -2.19. The molecule has 0 saturated carbocycles. The lowest BCUT2D eigenvalue weighted by Gasteiger charge is -2.13. The first kappa shape index (κ1) is 9.85. The zero-order valence-electron chi connectivity index (χ0n) is 5.60. The van der Waals surface area contributed by atoms with E-state index in [4.69, 9.17) is 15.5 Å². The van der Waals surface area contributed by atoms with E-state index in [0.29, 0.717) is 0 Å². The second kappa shape index (κ2) is 3.88. The van der Waals surface area contributed by atoms with Gasteiger partial charge in [0.05, 0.1) is 5.66 Å². The molecule has 0 aliphatic carbocycles. The lowest BCUT2D eigenvalue weighted by atomic mass is 10.3. The van der Waals surface area contributed by atoms with E-state index in [2.05, 4.69) is 6.58 Å². The second-order valence-corrected chi connectivity index (χ2v) is 3.91. The summed E-state index contributed by atoms with van der Waals surface area (Å²) in [5.41, 5.74) is 4.35. The van der Waals surface area contributed by atoms with Gasteiger partial charge in [-0.25, -0.2) is 0 Å². The van der Waals surface area contributed by atoms with E-state index in [-0.39, 0.29) is 13.0 Å². The number of hydrogen-bond donors (Lipinski definition) is 3. The molecule has 0 bridgehead atoms. The van der Waals surface area contributed by atoms with Crippen molar-refractivity contribution in [2.75, 3.05) is 6.54 Å². The standard InChI is InChI=1S/C5H12NO3P/c1-2-3-5(4-6)10(7,8)9/h2,5H,1,3-4,6H2,(H2,7,8,9)/t5-/m0/s1. The van der Waals surface area contributed by atoms with Crippen LogP contribution in [0.15, 0.2) is 12.7 Å². The quantitative estimate of drug-likeness (QED) is 0.406. The Morgan fingerprint density at radius 1 is 1.70 bits per heavy atom. The van der Waals surface area contributed by atoms with Crippen LogP contribution in [0.25, 0.3) is 0 Å². The van der Waals surface area contributed by atoms with Crippen LogP contribution >= 0.6 is 7.60 Å². The van der Waals surface area contributed by atoms with Gasteiger partial charge >= 0.3 is 7.60 Å². The van der Waals surface area contributed by atoms with E-state index < -0.39 is 13.3 Å². The molecule has 0 aromatic carbocycles. The highest BCUT2D eigenvalue weighted by Crippen LogP contribution is 2.42. The van der Waals surface area contributed by atoms with Gasteiger partial charge < -0.3 is 15.5 Å². The van der Waals surface area contributed by atoms with Crippen molar-refractivity contribution in [2.24, 2.45) is 5.73 Å². The van der Waals surface area contributed by atoms with Crippen LogP contribution in [0, 0.1) is 0 Å². The fraction of sp³-hybridized carbons (Fsp3) is 0.600. The molecule has 0 aliphatic rings. The Morgan fingerprint density at radius 3 is 2.30 bits per heavy atom. The van der Waals surface area contributed by atoms with Crippen molar-refractivity contribution in [3.8, 4) is 0 Å². The number of allylic oxidation sites excluding steroid dienone is 1. The third-order valence-electron chi connectivity index (χ3n) is 1.19. The van der Waals surface area contributed by atoms with Crippen LogP contribution in [-0.2, 0) is 4.57 Å². The first-order valence-corrected chi connectivity index (χ1v) is 4.56. The van der Waals surface area contributed by atoms with Crippen LogP contribution in [0.1, 0.15) is 6.42 Å². The molecule has 0 fully saturated rings. The summed E-state index contributed by atoms with van der Waals surface area (Å²) in [5.74, 6) is 0. The molecule has 0 rings (SSSR count). The predicted molar refractivity (Wildman–Crippen MR) is 39.7 cm³/mol. The Kier molecular flexibility index (Phi) is 3.83. The van der Waals surface area contributed by atoms with E-state index >= 15 is 0 Å². The normalized spacial score (nSPS) is 14.7. The molecule has 10 heavy (non-hydrogen) atoms. The molecule has 0 amide bonds. The van der Waals surface area contributed by atoms with Crippen LogP contribution in [0.3, 0.4) is 0 Å². The van der Waals surface area contributed by atoms with Crippen molar-refractivity contribution in [1.82, 2.24) is 0 Å². The average Bonchev–Trinajstić information content (AvgIpc) is 1.80. The maximum atomic E-state index is 10.5. The van der Waals surface area contributed by atoms with Gasteiger partial charge in [-0.1, -0.05) is 6.08 Å². The topological polar surface area (TPSA) is 83.6 Å². The minimum Gasteiger partial charge on any atom is -0.330 e. The molecule has 0 radical (unpaired) electrons. The minimum atomic E-state index is -3.99. The van der Waals surface area contributed by atoms with Gasteiger partial charge in [-0.2, -0.15) is 0 Å². The number of nitrogens with two attached hydrogens (primary N) is 1. The summed E-state index contributed by atoms with van der Waals surface area (Å²) in [6, 6.07) is 0. The molecule has 0 heterocycles. The van der Waals surface area contributed by atoms with Crippen LogP contribution in [0.5, 0.6) is 0 Å². The maximum absolute atomic E-state index is 10.5. The van der Waals surface area contributed by atoms with Crippen LogP contribution in [0.2, 0.25) is 0 Å². The fourth-order valence-corrected chi connectivity index (χ4v) is 1.26. The van der Waals surface area contributed by atoms with Gasteiger partial charge in [0.25, 0.3) is 0 Å². The fourth-order valence-electron chi connectivity index (χ4n) is 0.563. The zero-order valence-corrected chi connectivity index (χ0v) is 6.50. The van der Waals surface area contributed by atoms with Crippen LogP contribution < -0.4 is 5.73 Å². The molecule has 1 atom stereocenters. The van der Waals surface area contributed by atoms with Gasteiger partial charge in [0.2, 0.25) is 0 Å². The molecular weight excluding hydrogens is 153 g/mol. The molecule has 0 spiro atoms. The van der Waals surface area contributed by atoms with Crippen molar-refractivity contribution < 1.29 is 14.4 Å². The lowest BCUT2D eigenvalue weighted by molar-refractivity contribution is 0.358. The Hall–Kier alpha value is -0.150. The van der Waals surface area contributed by atoms with Gasteiger partial charge in [0.15, 0.2) is 0 Å². The van der Waals surface area contributed by atoms with E-state index in [1.807, 2.05) is 0 Å². The van der Waals surface area contributed by atoms with Crippen LogP contribution in [0.4, 0.5) is 0 Å². The molecule has 0 saturated heterocycles. The SMILES string of the molecule is C=CC[C@@H](CN)P(=O)(O)O. The first-order valence-electron chi connectivity index (χ1n) is 2.88. The summed E-state index contributed by atoms with van der Waals surface area (Å²) in [6.07, 6.45) is 1.72. The molecule has 0 aliphatic heterocycles. The maximum Gasteiger partial charge on any atom is 0.330 e. The van der Waals surface area contributed by atoms with Gasteiger partial charge in [0, 0.05) is 6.54 Å². The zero-order chi connectivity index (χ0) is 8.20. The summed E-state index contributed by atoms with van der Waals surface area (Å²) in [5, 5.41) is 0. The highest BCUT2D eigenvalue weighted by Gasteiger charge is 2.25. The van der Waals surface area contributed by atoms with Crippen molar-refractivity contribution in [3.05, 3.63) is 12.7 Å². The van der Waals surface area contributed by atoms with E-state index in [1.165, 1.54) is 6.08 Å². The molecule has 0 aromatic heterocycles. The van der Waals surface area contributed by atoms with Crippen molar-refractivity contribution >= 4 is 7.60 Å². The Bertz CT molecular complexity index is 153. The molecule has 4 N–H and O–H groups in total. The molecule has 4 nitrogen and oxygen atoms in total. The number of hydrogen-bond acceptors (Lipinski definition) is 2. The van der Waals surface area contributed by atoms with Gasteiger partial charge in [-0.15, -0.1) is 6.58 Å². The first-order chi connectivity index (χ1) is 4.52. The number of rotatable bonds is 4. The molecule has 0 unspecified atom stereocenters. The summed E-state index contributed by atoms with van der Waals surface area (Å²) in [7, 11) is -3.99. The molecular formula is C5H12NO3P. The summed E-state index contributed by atoms with van der Waals surface area (Å²) in [6.45, 7) is 3.36. The molecule has 0 aromatic rings. The summed E-state index contributed by atoms with van der Waals surface area (Å²) < 4.78 is 10.5. The third-order valence-corrected chi connectivity index (χ3v) is 2.56. The van der Waals surface area contributed by atoms with E-state index in [9.17, 15) is 4.57 Å². The van der Waals surface area contributed by atoms with E-state index in [1.54, 1.807) is 0 Å². The van der Waals surface area contributed by atoms with Crippen molar-refractivity contribution in [1.29, 1.82) is 0 Å².